The average Bonchev–Trinajstić information content (AvgIpc) is 3.02. The highest BCUT2D eigenvalue weighted by atomic mass is 16.5. The van der Waals surface area contributed by atoms with Crippen LogP contribution >= 0.6 is 0 Å². The number of aliphatic hydroxyl groups is 2. The highest BCUT2D eigenvalue weighted by Gasteiger charge is 2.72. The predicted octanol–water partition coefficient (Wildman–Crippen LogP) is 0.916. The number of ether oxygens (including phenoxy) is 2. The van der Waals surface area contributed by atoms with E-state index in [4.69, 9.17) is 15.2 Å². The summed E-state index contributed by atoms with van der Waals surface area (Å²) < 4.78 is 10.8. The van der Waals surface area contributed by atoms with Crippen LogP contribution in [-0.2, 0) is 33.4 Å². The Labute approximate surface area is 215 Å². The number of esters is 2. The zero-order valence-corrected chi connectivity index (χ0v) is 21.4. The standard InChI is InChI=1S/C27H35NO9/c1-14(29)36-13-21(32)27(35)20(31)11-18-17-5-4-15-10-16(30)8-9-25(15,2)24(17)19(12-26(18,27)3)37-23(34)7-6-22(28)33/h8-10,17-20,24,31,35H,4-7,11-13H2,1-3H3,(H2,28,33)/t17?,18?,19-,20+,24?,25?,26?,27-/m0/s1. The molecule has 4 aliphatic rings. The number of nitrogens with two attached hydrogens (primary N) is 1. The van der Waals surface area contributed by atoms with Crippen LogP contribution in [0.25, 0.3) is 0 Å². The molecule has 1 amide bonds. The molecule has 0 aliphatic heterocycles. The molecule has 4 N–H and O–H groups in total. The Morgan fingerprint density at radius 1 is 1.19 bits per heavy atom. The summed E-state index contributed by atoms with van der Waals surface area (Å²) in [6.45, 7) is 4.18. The second-order valence-corrected chi connectivity index (χ2v) is 11.4. The number of ketones is 2. The fourth-order valence-electron chi connectivity index (χ4n) is 7.65. The van der Waals surface area contributed by atoms with Crippen molar-refractivity contribution >= 4 is 29.4 Å². The van der Waals surface area contributed by atoms with Crippen molar-refractivity contribution in [1.82, 2.24) is 0 Å². The Kier molecular flexibility index (Phi) is 6.96. The third-order valence-electron chi connectivity index (χ3n) is 9.38. The van der Waals surface area contributed by atoms with Crippen molar-refractivity contribution in [2.75, 3.05) is 6.61 Å². The van der Waals surface area contributed by atoms with Gasteiger partial charge in [0, 0.05) is 30.1 Å². The zero-order chi connectivity index (χ0) is 27.3. The van der Waals surface area contributed by atoms with Crippen molar-refractivity contribution in [3.63, 3.8) is 0 Å². The molecule has 0 aromatic carbocycles. The maximum Gasteiger partial charge on any atom is 0.306 e. The van der Waals surface area contributed by atoms with Crippen LogP contribution in [0.5, 0.6) is 0 Å². The molecule has 4 aliphatic carbocycles. The number of rotatable bonds is 7. The van der Waals surface area contributed by atoms with Gasteiger partial charge in [-0.15, -0.1) is 0 Å². The van der Waals surface area contributed by atoms with Crippen LogP contribution in [-0.4, -0.2) is 64.0 Å². The Hall–Kier alpha value is -2.85. The number of primary amides is 1. The third kappa shape index (κ3) is 4.33. The maximum atomic E-state index is 13.2. The van der Waals surface area contributed by atoms with Gasteiger partial charge in [-0.25, -0.2) is 0 Å². The molecule has 10 heteroatoms. The Bertz CT molecular complexity index is 1100. The molecule has 37 heavy (non-hydrogen) atoms. The second-order valence-electron chi connectivity index (χ2n) is 11.4. The monoisotopic (exact) mass is 517 g/mol. The summed E-state index contributed by atoms with van der Waals surface area (Å²) in [5, 5.41) is 22.9. The molecule has 10 nitrogen and oxygen atoms in total. The molecule has 5 unspecified atom stereocenters. The number of amides is 1. The lowest BCUT2D eigenvalue weighted by molar-refractivity contribution is -0.201. The van der Waals surface area contributed by atoms with Crippen LogP contribution in [0.15, 0.2) is 23.8 Å². The largest absolute Gasteiger partial charge is 0.462 e. The number of Topliss-reactive ketones (excluding diaryl/α,β-unsaturated/α-hetero) is 1. The summed E-state index contributed by atoms with van der Waals surface area (Å²) in [6.07, 6.45) is 3.84. The second kappa shape index (κ2) is 9.47. The molecule has 0 heterocycles. The number of aliphatic hydroxyl groups excluding tert-OH is 1. The minimum Gasteiger partial charge on any atom is -0.462 e. The highest BCUT2D eigenvalue weighted by Crippen LogP contribution is 2.67. The van der Waals surface area contributed by atoms with Gasteiger partial charge in [0.15, 0.2) is 18.0 Å². The minimum atomic E-state index is -2.22. The summed E-state index contributed by atoms with van der Waals surface area (Å²) in [7, 11) is 0. The van der Waals surface area contributed by atoms with E-state index in [1.807, 2.05) is 13.0 Å². The van der Waals surface area contributed by atoms with Gasteiger partial charge in [-0.2, -0.15) is 0 Å². The van der Waals surface area contributed by atoms with Crippen molar-refractivity contribution in [3.8, 4) is 0 Å². The van der Waals surface area contributed by atoms with E-state index in [0.717, 1.165) is 12.5 Å². The molecule has 202 valence electrons. The van der Waals surface area contributed by atoms with E-state index in [-0.39, 0.29) is 49.2 Å². The fraction of sp³-hybridized carbons (Fsp3) is 0.667. The molecule has 3 fully saturated rings. The first kappa shape index (κ1) is 27.2. The van der Waals surface area contributed by atoms with Gasteiger partial charge in [-0.3, -0.25) is 24.0 Å². The summed E-state index contributed by atoms with van der Waals surface area (Å²) in [6, 6.07) is 0. The van der Waals surface area contributed by atoms with Crippen molar-refractivity contribution < 1.29 is 43.7 Å². The first-order valence-electron chi connectivity index (χ1n) is 12.7. The lowest BCUT2D eigenvalue weighted by Gasteiger charge is -2.59. The molecule has 4 rings (SSSR count). The fourth-order valence-corrected chi connectivity index (χ4v) is 7.65. The Morgan fingerprint density at radius 3 is 2.54 bits per heavy atom. The molecule has 0 aromatic rings. The summed E-state index contributed by atoms with van der Waals surface area (Å²) >= 11 is 0. The molecular formula is C27H35NO9. The van der Waals surface area contributed by atoms with Crippen LogP contribution in [0, 0.1) is 28.6 Å². The minimum absolute atomic E-state index is 0.0607. The number of carbonyl (C=O) groups is 5. The van der Waals surface area contributed by atoms with Gasteiger partial charge in [-0.1, -0.05) is 25.5 Å². The van der Waals surface area contributed by atoms with Gasteiger partial charge in [0.25, 0.3) is 0 Å². The van der Waals surface area contributed by atoms with E-state index in [9.17, 15) is 34.2 Å². The van der Waals surface area contributed by atoms with Crippen molar-refractivity contribution in [2.45, 2.75) is 77.1 Å². The summed E-state index contributed by atoms with van der Waals surface area (Å²) in [5.41, 5.74) is 2.11. The van der Waals surface area contributed by atoms with E-state index in [2.05, 4.69) is 0 Å². The lowest BCUT2D eigenvalue weighted by atomic mass is 9.46. The molecule has 0 spiro atoms. The quantitative estimate of drug-likeness (QED) is 0.415. The number of fused-ring (bicyclic) bond motifs is 5. The van der Waals surface area contributed by atoms with Crippen molar-refractivity contribution in [2.24, 2.45) is 34.3 Å². The van der Waals surface area contributed by atoms with Gasteiger partial charge < -0.3 is 25.4 Å². The maximum absolute atomic E-state index is 13.2. The summed E-state index contributed by atoms with van der Waals surface area (Å²) in [5.74, 6) is -3.61. The van der Waals surface area contributed by atoms with Crippen LogP contribution in [0.3, 0.4) is 0 Å². The first-order valence-corrected chi connectivity index (χ1v) is 12.7. The number of allylic oxidation sites excluding steroid dienone is 4. The highest BCUT2D eigenvalue weighted by molar-refractivity contribution is 6.01. The van der Waals surface area contributed by atoms with E-state index in [1.54, 1.807) is 13.0 Å². The van der Waals surface area contributed by atoms with Gasteiger partial charge in [0.2, 0.25) is 11.7 Å². The predicted molar refractivity (Wildman–Crippen MR) is 128 cm³/mol. The molecule has 0 saturated heterocycles. The average molecular weight is 518 g/mol. The number of hydrogen-bond donors (Lipinski definition) is 3. The third-order valence-corrected chi connectivity index (χ3v) is 9.38. The van der Waals surface area contributed by atoms with Crippen LogP contribution in [0.4, 0.5) is 0 Å². The Balaban J connectivity index is 1.75. The van der Waals surface area contributed by atoms with Gasteiger partial charge >= 0.3 is 11.9 Å². The van der Waals surface area contributed by atoms with Crippen LogP contribution < -0.4 is 5.73 Å². The number of hydrogen-bond acceptors (Lipinski definition) is 9. The SMILES string of the molecule is CC(=O)OCC(=O)[C@@]1(O)[C@H](O)CC2C3CCC4=CC(=O)C=CC4(C)C3[C@@H](OC(=O)CCC(N)=O)CC21C. The van der Waals surface area contributed by atoms with Gasteiger partial charge in [0.05, 0.1) is 12.5 Å². The Morgan fingerprint density at radius 2 is 1.89 bits per heavy atom. The van der Waals surface area contributed by atoms with Crippen LogP contribution in [0.1, 0.15) is 59.3 Å². The molecule has 8 atom stereocenters. The molecule has 0 radical (unpaired) electrons. The van der Waals surface area contributed by atoms with Crippen molar-refractivity contribution in [1.29, 1.82) is 0 Å². The molecular weight excluding hydrogens is 482 g/mol. The number of carbonyl (C=O) groups excluding carboxylic acids is 5. The van der Waals surface area contributed by atoms with Gasteiger partial charge in [-0.05, 0) is 49.7 Å². The summed E-state index contributed by atoms with van der Waals surface area (Å²) in [4.78, 5) is 60.7. The van der Waals surface area contributed by atoms with E-state index >= 15 is 0 Å². The van der Waals surface area contributed by atoms with E-state index in [0.29, 0.717) is 12.8 Å². The smallest absolute Gasteiger partial charge is 0.306 e. The molecule has 0 bridgehead atoms. The van der Waals surface area contributed by atoms with Crippen LogP contribution in [0.2, 0.25) is 0 Å². The van der Waals surface area contributed by atoms with E-state index in [1.165, 1.54) is 6.08 Å². The lowest BCUT2D eigenvalue weighted by Crippen LogP contribution is -2.64. The van der Waals surface area contributed by atoms with Gasteiger partial charge in [0.1, 0.15) is 6.10 Å². The topological polar surface area (TPSA) is 170 Å². The molecule has 0 aromatic heterocycles. The normalized spacial score (nSPS) is 40.1. The first-order chi connectivity index (χ1) is 17.2. The molecule has 3 saturated carbocycles. The van der Waals surface area contributed by atoms with Crippen molar-refractivity contribution in [3.05, 3.63) is 23.8 Å². The van der Waals surface area contributed by atoms with E-state index < -0.39 is 58.9 Å². The zero-order valence-electron chi connectivity index (χ0n) is 21.4.